The molecule has 0 spiro atoms. The van der Waals surface area contributed by atoms with Gasteiger partial charge in [-0.05, 0) is 12.1 Å². The summed E-state index contributed by atoms with van der Waals surface area (Å²) in [7, 11) is -2.19. The Labute approximate surface area is 143 Å². The van der Waals surface area contributed by atoms with E-state index in [0.717, 1.165) is 11.3 Å². The molecule has 1 amide bonds. The number of para-hydroxylation sites is 1. The van der Waals surface area contributed by atoms with E-state index in [1.54, 1.807) is 13.0 Å². The molecule has 1 N–H and O–H groups in total. The first kappa shape index (κ1) is 18.1. The van der Waals surface area contributed by atoms with Crippen molar-refractivity contribution in [3.05, 3.63) is 46.2 Å². The summed E-state index contributed by atoms with van der Waals surface area (Å²) in [6, 6.07) is 7.09. The molecule has 1 aromatic heterocycles. The quantitative estimate of drug-likeness (QED) is 0.820. The summed E-state index contributed by atoms with van der Waals surface area (Å²) < 4.78 is 25.6. The Balaban J connectivity index is 2.26. The van der Waals surface area contributed by atoms with Crippen LogP contribution in [0.1, 0.15) is 27.0 Å². The van der Waals surface area contributed by atoms with E-state index in [4.69, 9.17) is 0 Å². The molecular formula is C15H15N2O5S2-. The zero-order valence-electron chi connectivity index (χ0n) is 13.0. The highest BCUT2D eigenvalue weighted by Gasteiger charge is 2.22. The summed E-state index contributed by atoms with van der Waals surface area (Å²) in [6.45, 7) is 2.01. The number of aromatic carboxylic acids is 1. The second-order valence-corrected chi connectivity index (χ2v) is 7.81. The summed E-state index contributed by atoms with van der Waals surface area (Å²) in [5.41, 5.74) is -0.0630. The molecule has 2 rings (SSSR count). The minimum atomic E-state index is -3.64. The van der Waals surface area contributed by atoms with E-state index in [9.17, 15) is 23.1 Å². The monoisotopic (exact) mass is 367 g/mol. The molecular weight excluding hydrogens is 352 g/mol. The highest BCUT2D eigenvalue weighted by Crippen LogP contribution is 2.23. The molecule has 7 nitrogen and oxygen atoms in total. The zero-order chi connectivity index (χ0) is 17.9. The minimum Gasteiger partial charge on any atom is -0.545 e. The number of amides is 1. The number of hydrogen-bond acceptors (Lipinski definition) is 6. The van der Waals surface area contributed by atoms with Gasteiger partial charge in [0.15, 0.2) is 0 Å². The van der Waals surface area contributed by atoms with Crippen LogP contribution >= 0.6 is 11.3 Å². The normalized spacial score (nSPS) is 11.5. The molecule has 1 heterocycles. The predicted octanol–water partition coefficient (Wildman–Crippen LogP) is 1.00. The lowest BCUT2D eigenvalue weighted by atomic mass is 10.2. The van der Waals surface area contributed by atoms with Gasteiger partial charge in [0.25, 0.3) is 5.91 Å². The van der Waals surface area contributed by atoms with Gasteiger partial charge >= 0.3 is 0 Å². The van der Waals surface area contributed by atoms with Crippen LogP contribution in [0.2, 0.25) is 0 Å². The number of sulfonamides is 1. The van der Waals surface area contributed by atoms with Crippen molar-refractivity contribution in [2.24, 2.45) is 0 Å². The van der Waals surface area contributed by atoms with Gasteiger partial charge in [0.05, 0.1) is 21.4 Å². The number of carboxylic acids is 1. The Morgan fingerprint density at radius 2 is 1.96 bits per heavy atom. The van der Waals surface area contributed by atoms with Crippen LogP contribution in [0.3, 0.4) is 0 Å². The Morgan fingerprint density at radius 3 is 2.58 bits per heavy atom. The lowest BCUT2D eigenvalue weighted by Crippen LogP contribution is -2.26. The largest absolute Gasteiger partial charge is 0.545 e. The summed E-state index contributed by atoms with van der Waals surface area (Å²) in [4.78, 5) is 23.5. The van der Waals surface area contributed by atoms with E-state index in [1.807, 2.05) is 0 Å². The molecule has 9 heteroatoms. The molecule has 0 atom stereocenters. The number of nitrogens with one attached hydrogen (secondary N) is 1. The molecule has 0 fully saturated rings. The number of thiophene rings is 1. The van der Waals surface area contributed by atoms with Crippen LogP contribution in [0.4, 0.5) is 5.69 Å². The number of carbonyl (C=O) groups excluding carboxylic acids is 2. The summed E-state index contributed by atoms with van der Waals surface area (Å²) >= 11 is 0.965. The molecule has 0 saturated carbocycles. The number of nitrogens with zero attached hydrogens (tertiary/aromatic N) is 1. The summed E-state index contributed by atoms with van der Waals surface area (Å²) in [6.07, 6.45) is 0. The Bertz CT molecular complexity index is 873. The van der Waals surface area contributed by atoms with Crippen molar-refractivity contribution in [3.63, 3.8) is 0 Å². The topological polar surface area (TPSA) is 107 Å². The number of anilines is 1. The third-order valence-corrected chi connectivity index (χ3v) is 6.34. The number of hydrogen-bond donors (Lipinski definition) is 1. The van der Waals surface area contributed by atoms with Crippen LogP contribution in [0.5, 0.6) is 0 Å². The average molecular weight is 367 g/mol. The first-order valence-electron chi connectivity index (χ1n) is 6.94. The molecule has 0 unspecified atom stereocenters. The molecule has 0 aliphatic carbocycles. The molecule has 0 aliphatic rings. The molecule has 0 radical (unpaired) electrons. The second kappa shape index (κ2) is 7.12. The van der Waals surface area contributed by atoms with Gasteiger partial charge in [0.2, 0.25) is 10.0 Å². The maximum absolute atomic E-state index is 12.2. The van der Waals surface area contributed by atoms with E-state index in [-0.39, 0.29) is 21.0 Å². The van der Waals surface area contributed by atoms with E-state index in [0.29, 0.717) is 6.54 Å². The minimum absolute atomic E-state index is 0.0233. The first-order chi connectivity index (χ1) is 11.3. The fourth-order valence-corrected chi connectivity index (χ4v) is 4.21. The van der Waals surface area contributed by atoms with Gasteiger partial charge in [0.1, 0.15) is 0 Å². The molecule has 24 heavy (non-hydrogen) atoms. The third kappa shape index (κ3) is 3.64. The SMILES string of the molecule is CCN(C)S(=O)(=O)c1csc(C(=O)Nc2ccccc2C(=O)[O-])c1. The highest BCUT2D eigenvalue weighted by molar-refractivity contribution is 7.89. The van der Waals surface area contributed by atoms with Crippen LogP contribution in [0.25, 0.3) is 0 Å². The fraction of sp³-hybridized carbons (Fsp3) is 0.200. The molecule has 0 saturated heterocycles. The van der Waals surface area contributed by atoms with Gasteiger partial charge in [-0.2, -0.15) is 0 Å². The van der Waals surface area contributed by atoms with E-state index >= 15 is 0 Å². The molecule has 0 aliphatic heterocycles. The van der Waals surface area contributed by atoms with Crippen molar-refractivity contribution < 1.29 is 23.1 Å². The van der Waals surface area contributed by atoms with Crippen molar-refractivity contribution in [1.29, 1.82) is 0 Å². The standard InChI is InChI=1S/C15H16N2O5S2/c1-3-17(2)24(21,22)10-8-13(23-9-10)14(18)16-12-7-5-4-6-11(12)15(19)20/h4-9H,3H2,1-2H3,(H,16,18)(H,19,20)/p-1. The van der Waals surface area contributed by atoms with Gasteiger partial charge < -0.3 is 15.2 Å². The smallest absolute Gasteiger partial charge is 0.265 e. The lowest BCUT2D eigenvalue weighted by molar-refractivity contribution is -0.254. The van der Waals surface area contributed by atoms with Gasteiger partial charge in [-0.1, -0.05) is 25.1 Å². The fourth-order valence-electron chi connectivity index (χ4n) is 1.88. The van der Waals surface area contributed by atoms with Crippen LogP contribution in [-0.2, 0) is 10.0 Å². The Morgan fingerprint density at radius 1 is 1.29 bits per heavy atom. The van der Waals surface area contributed by atoms with E-state index in [2.05, 4.69) is 5.32 Å². The van der Waals surface area contributed by atoms with Crippen molar-refractivity contribution >= 4 is 38.9 Å². The van der Waals surface area contributed by atoms with Gasteiger partial charge in [-0.3, -0.25) is 4.79 Å². The predicted molar refractivity (Wildman–Crippen MR) is 88.5 cm³/mol. The van der Waals surface area contributed by atoms with Crippen molar-refractivity contribution in [3.8, 4) is 0 Å². The van der Waals surface area contributed by atoms with E-state index < -0.39 is 21.9 Å². The summed E-state index contributed by atoms with van der Waals surface area (Å²) in [5.74, 6) is -2.00. The number of benzene rings is 1. The maximum atomic E-state index is 12.2. The molecule has 2 aromatic rings. The van der Waals surface area contributed by atoms with Crippen LogP contribution in [0, 0.1) is 0 Å². The Hall–Kier alpha value is -2.23. The first-order valence-corrected chi connectivity index (χ1v) is 9.26. The van der Waals surface area contributed by atoms with Gasteiger partial charge in [0, 0.05) is 24.5 Å². The average Bonchev–Trinajstić information content (AvgIpc) is 3.05. The van der Waals surface area contributed by atoms with Crippen molar-refractivity contribution in [2.75, 3.05) is 18.9 Å². The number of rotatable bonds is 6. The maximum Gasteiger partial charge on any atom is 0.265 e. The molecule has 0 bridgehead atoms. The van der Waals surface area contributed by atoms with Gasteiger partial charge in [-0.15, -0.1) is 11.3 Å². The second-order valence-electron chi connectivity index (χ2n) is 4.85. The van der Waals surface area contributed by atoms with Crippen LogP contribution < -0.4 is 10.4 Å². The lowest BCUT2D eigenvalue weighted by Gasteiger charge is -2.13. The van der Waals surface area contributed by atoms with Crippen molar-refractivity contribution in [1.82, 2.24) is 4.31 Å². The summed E-state index contributed by atoms with van der Waals surface area (Å²) in [5, 5.41) is 14.9. The van der Waals surface area contributed by atoms with E-state index in [1.165, 1.54) is 41.0 Å². The van der Waals surface area contributed by atoms with Crippen molar-refractivity contribution in [2.45, 2.75) is 11.8 Å². The molecule has 1 aromatic carbocycles. The third-order valence-electron chi connectivity index (χ3n) is 3.35. The van der Waals surface area contributed by atoms with Gasteiger partial charge in [-0.25, -0.2) is 12.7 Å². The van der Waals surface area contributed by atoms with Crippen LogP contribution in [-0.4, -0.2) is 38.2 Å². The zero-order valence-corrected chi connectivity index (χ0v) is 14.6. The Kier molecular flexibility index (Phi) is 5.37. The van der Waals surface area contributed by atoms with Crippen LogP contribution in [0.15, 0.2) is 40.6 Å². The number of carboxylic acid groups (broad SMARTS) is 1. The number of carbonyl (C=O) groups is 2. The highest BCUT2D eigenvalue weighted by atomic mass is 32.2. The molecule has 128 valence electrons.